The maximum absolute atomic E-state index is 13.8. The van der Waals surface area contributed by atoms with E-state index in [2.05, 4.69) is 6.92 Å². The summed E-state index contributed by atoms with van der Waals surface area (Å²) >= 11 is 0. The number of likely N-dealkylation sites (N-methyl/N-ethyl adjacent to an activating group) is 1. The second-order valence-corrected chi connectivity index (χ2v) is 13.1. The van der Waals surface area contributed by atoms with Gasteiger partial charge in [0.1, 0.15) is 30.5 Å². The molecule has 0 spiro atoms. The number of rotatable bonds is 7. The van der Waals surface area contributed by atoms with Crippen LogP contribution >= 0.6 is 0 Å². The molecule has 42 heavy (non-hydrogen) atoms. The van der Waals surface area contributed by atoms with E-state index < -0.39 is 66.1 Å². The second-order valence-electron chi connectivity index (χ2n) is 13.1. The van der Waals surface area contributed by atoms with Gasteiger partial charge in [-0.05, 0) is 49.9 Å². The van der Waals surface area contributed by atoms with Crippen LogP contribution in [0, 0.1) is 34.5 Å². The van der Waals surface area contributed by atoms with Crippen molar-refractivity contribution in [2.24, 2.45) is 34.5 Å². The Bertz CT molecular complexity index is 1060. The zero-order chi connectivity index (χ0) is 31.1. The maximum Gasteiger partial charge on any atom is 0.312 e. The first-order chi connectivity index (χ1) is 19.7. The minimum Gasteiger partial charge on any atom is -0.469 e. The first-order valence-electron chi connectivity index (χ1n) is 14.9. The molecule has 1 saturated heterocycles. The molecule has 0 bridgehead atoms. The molecule has 238 valence electrons. The molecule has 12 heteroatoms. The van der Waals surface area contributed by atoms with Crippen LogP contribution in [0.4, 0.5) is 0 Å². The van der Waals surface area contributed by atoms with Crippen LogP contribution < -0.4 is 0 Å². The van der Waals surface area contributed by atoms with Crippen molar-refractivity contribution in [1.82, 2.24) is 4.90 Å². The summed E-state index contributed by atoms with van der Waals surface area (Å²) in [7, 11) is 2.92. The number of esters is 1. The number of ether oxygens (including phenoxy) is 3. The molecule has 5 N–H and O–H groups in total. The van der Waals surface area contributed by atoms with E-state index in [9.17, 15) is 39.9 Å². The SMILES string of the molecule is COC(=O)C1(C)CCCC2(C)C3CCC(=CC(=O)N(C)CCOC4OC(CO)C(O)C(O)C4O)C(C)C3C(O)C(=O)C12. The molecule has 0 aromatic heterocycles. The number of hydrogen-bond acceptors (Lipinski definition) is 11. The third kappa shape index (κ3) is 5.55. The molecule has 3 aliphatic carbocycles. The number of ketones is 1. The molecule has 0 aromatic carbocycles. The number of aliphatic hydroxyl groups excluding tert-OH is 5. The van der Waals surface area contributed by atoms with Gasteiger partial charge in [-0.3, -0.25) is 14.4 Å². The maximum atomic E-state index is 13.8. The van der Waals surface area contributed by atoms with Crippen molar-refractivity contribution in [3.63, 3.8) is 0 Å². The summed E-state index contributed by atoms with van der Waals surface area (Å²) in [4.78, 5) is 41.2. The number of hydrogen-bond donors (Lipinski definition) is 5. The molecule has 0 aromatic rings. The van der Waals surface area contributed by atoms with Crippen molar-refractivity contribution < 1.29 is 54.1 Å². The minimum atomic E-state index is -1.55. The van der Waals surface area contributed by atoms with E-state index in [1.807, 2.05) is 6.92 Å². The van der Waals surface area contributed by atoms with Crippen LogP contribution in [-0.4, -0.2) is 119 Å². The van der Waals surface area contributed by atoms with E-state index in [1.54, 1.807) is 20.0 Å². The molecule has 12 nitrogen and oxygen atoms in total. The standard InChI is InChI=1S/C30H47NO11/c1-15-16(13-19(33)31(4)11-12-41-27-25(38)23(36)21(34)18(14-32)42-27)7-8-17-20(15)22(35)24(37)26-29(17,2)9-6-10-30(26,3)28(39)40-5/h13,15,17-18,20-23,25-27,32,34-36,38H,6-12,14H2,1-5H3. The number of amides is 1. The van der Waals surface area contributed by atoms with Crippen molar-refractivity contribution in [2.45, 2.75) is 89.7 Å². The summed E-state index contributed by atoms with van der Waals surface area (Å²) in [5.74, 6) is -2.23. The first-order valence-corrected chi connectivity index (χ1v) is 14.9. The second kappa shape index (κ2) is 12.6. The Labute approximate surface area is 246 Å². The predicted octanol–water partition coefficient (Wildman–Crippen LogP) is -0.221. The molecule has 12 atom stereocenters. The number of aliphatic hydroxyl groups is 5. The third-order valence-electron chi connectivity index (χ3n) is 10.8. The summed E-state index contributed by atoms with van der Waals surface area (Å²) in [5.41, 5.74) is -0.603. The van der Waals surface area contributed by atoms with Crippen LogP contribution in [-0.2, 0) is 28.6 Å². The number of methoxy groups -OCH3 is 1. The zero-order valence-corrected chi connectivity index (χ0v) is 25.1. The predicted molar refractivity (Wildman–Crippen MR) is 147 cm³/mol. The fourth-order valence-electron chi connectivity index (χ4n) is 8.40. The van der Waals surface area contributed by atoms with Crippen LogP contribution in [0.5, 0.6) is 0 Å². The molecular weight excluding hydrogens is 550 g/mol. The van der Waals surface area contributed by atoms with Crippen molar-refractivity contribution in [2.75, 3.05) is 33.9 Å². The van der Waals surface area contributed by atoms with Gasteiger partial charge < -0.3 is 44.6 Å². The van der Waals surface area contributed by atoms with Gasteiger partial charge in [-0.2, -0.15) is 0 Å². The lowest BCUT2D eigenvalue weighted by molar-refractivity contribution is -0.301. The lowest BCUT2D eigenvalue weighted by Crippen LogP contribution is -2.65. The number of Topliss-reactive ketones (excluding diaryl/α,β-unsaturated/α-hetero) is 1. The fraction of sp³-hybridized carbons (Fsp3) is 0.833. The lowest BCUT2D eigenvalue weighted by Gasteiger charge is -2.61. The minimum absolute atomic E-state index is 0.00593. The van der Waals surface area contributed by atoms with Crippen LogP contribution in [0.25, 0.3) is 0 Å². The Morgan fingerprint density at radius 2 is 1.81 bits per heavy atom. The van der Waals surface area contributed by atoms with Gasteiger partial charge in [-0.15, -0.1) is 0 Å². The Morgan fingerprint density at radius 1 is 1.12 bits per heavy atom. The number of carbonyl (C=O) groups excluding carboxylic acids is 3. The molecule has 12 unspecified atom stereocenters. The summed E-state index contributed by atoms with van der Waals surface area (Å²) in [6.45, 7) is 5.34. The molecule has 0 radical (unpaired) electrons. The van der Waals surface area contributed by atoms with Gasteiger partial charge in [0.2, 0.25) is 5.91 Å². The Hall–Kier alpha value is -1.93. The summed E-state index contributed by atoms with van der Waals surface area (Å²) in [5, 5.41) is 50.7. The average Bonchev–Trinajstić information content (AvgIpc) is 2.96. The summed E-state index contributed by atoms with van der Waals surface area (Å²) in [6, 6.07) is 0. The molecule has 4 aliphatic rings. The van der Waals surface area contributed by atoms with Crippen molar-refractivity contribution >= 4 is 17.7 Å². The molecule has 1 aliphatic heterocycles. The van der Waals surface area contributed by atoms with Crippen molar-refractivity contribution in [3.05, 3.63) is 11.6 Å². The van der Waals surface area contributed by atoms with E-state index >= 15 is 0 Å². The number of allylic oxidation sites excluding steroid dienone is 1. The Morgan fingerprint density at radius 3 is 2.45 bits per heavy atom. The Kier molecular flexibility index (Phi) is 9.88. The number of fused-ring (bicyclic) bond motifs is 3. The van der Waals surface area contributed by atoms with Crippen LogP contribution in [0.15, 0.2) is 11.6 Å². The highest BCUT2D eigenvalue weighted by Crippen LogP contribution is 2.64. The van der Waals surface area contributed by atoms with Gasteiger partial charge in [0.05, 0.1) is 25.7 Å². The fourth-order valence-corrected chi connectivity index (χ4v) is 8.40. The Balaban J connectivity index is 1.42. The van der Waals surface area contributed by atoms with Crippen molar-refractivity contribution in [1.29, 1.82) is 0 Å². The third-order valence-corrected chi connectivity index (χ3v) is 10.8. The highest BCUT2D eigenvalue weighted by molar-refractivity contribution is 5.94. The van der Waals surface area contributed by atoms with E-state index in [0.717, 1.165) is 18.4 Å². The topological polar surface area (TPSA) is 183 Å². The van der Waals surface area contributed by atoms with Crippen LogP contribution in [0.2, 0.25) is 0 Å². The van der Waals surface area contributed by atoms with Gasteiger partial charge in [0.15, 0.2) is 12.1 Å². The molecule has 4 fully saturated rings. The normalized spacial score (nSPS) is 44.7. The van der Waals surface area contributed by atoms with E-state index in [0.29, 0.717) is 19.3 Å². The molecule has 1 heterocycles. The smallest absolute Gasteiger partial charge is 0.312 e. The van der Waals surface area contributed by atoms with Gasteiger partial charge in [0.25, 0.3) is 0 Å². The van der Waals surface area contributed by atoms with Crippen molar-refractivity contribution in [3.8, 4) is 0 Å². The van der Waals surface area contributed by atoms with Gasteiger partial charge >= 0.3 is 5.97 Å². The largest absolute Gasteiger partial charge is 0.469 e. The molecule has 3 saturated carbocycles. The van der Waals surface area contributed by atoms with Gasteiger partial charge in [0, 0.05) is 31.5 Å². The highest BCUT2D eigenvalue weighted by atomic mass is 16.7. The monoisotopic (exact) mass is 597 g/mol. The van der Waals surface area contributed by atoms with E-state index in [1.165, 1.54) is 12.0 Å². The van der Waals surface area contributed by atoms with Gasteiger partial charge in [-0.1, -0.05) is 25.8 Å². The molecular formula is C30H47NO11. The number of nitrogens with zero attached hydrogens (tertiary/aromatic N) is 1. The van der Waals surface area contributed by atoms with Crippen LogP contribution in [0.3, 0.4) is 0 Å². The molecule has 1 amide bonds. The highest BCUT2D eigenvalue weighted by Gasteiger charge is 2.66. The summed E-state index contributed by atoms with van der Waals surface area (Å²) in [6.07, 6.45) is -3.20. The lowest BCUT2D eigenvalue weighted by atomic mass is 9.42. The average molecular weight is 598 g/mol. The van der Waals surface area contributed by atoms with E-state index in [-0.39, 0.29) is 42.6 Å². The van der Waals surface area contributed by atoms with E-state index in [4.69, 9.17) is 14.2 Å². The number of carbonyl (C=O) groups is 3. The quantitative estimate of drug-likeness (QED) is 0.193. The molecule has 4 rings (SSSR count). The van der Waals surface area contributed by atoms with Gasteiger partial charge in [-0.25, -0.2) is 0 Å². The summed E-state index contributed by atoms with van der Waals surface area (Å²) < 4.78 is 15.9. The zero-order valence-electron chi connectivity index (χ0n) is 25.1. The first kappa shape index (κ1) is 33.0. The van der Waals surface area contributed by atoms with Crippen LogP contribution in [0.1, 0.15) is 52.9 Å².